The van der Waals surface area contributed by atoms with E-state index >= 15 is 0 Å². The van der Waals surface area contributed by atoms with Crippen LogP contribution in [0.1, 0.15) is 71.1 Å². The van der Waals surface area contributed by atoms with Gasteiger partial charge < -0.3 is 34.5 Å². The molecule has 2 amide bonds. The molecule has 3 aliphatic carbocycles. The molecule has 9 heteroatoms. The van der Waals surface area contributed by atoms with E-state index < -0.39 is 6.10 Å². The van der Waals surface area contributed by atoms with E-state index in [-0.39, 0.29) is 36.2 Å². The van der Waals surface area contributed by atoms with Gasteiger partial charge in [-0.15, -0.1) is 0 Å². The molecule has 226 valence electrons. The third-order valence-electron chi connectivity index (χ3n) is 11.8. The molecule has 12 unspecified atom stereocenters. The number of quaternary nitrogens is 1. The minimum Gasteiger partial charge on any atom is -0.381 e. The number of nitrogens with one attached hydrogen (secondary N) is 1. The van der Waals surface area contributed by atoms with Gasteiger partial charge in [0.15, 0.2) is 0 Å². The predicted octanol–water partition coefficient (Wildman–Crippen LogP) is 1.48. The average Bonchev–Trinajstić information content (AvgIpc) is 3.32. The van der Waals surface area contributed by atoms with Gasteiger partial charge in [-0.05, 0) is 76.0 Å². The summed E-state index contributed by atoms with van der Waals surface area (Å²) in [4.78, 5) is 29.5. The summed E-state index contributed by atoms with van der Waals surface area (Å²) in [6, 6.07) is 1.05. The van der Waals surface area contributed by atoms with Gasteiger partial charge in [0.05, 0.1) is 42.9 Å². The fraction of sp³-hybridized carbons (Fsp3) is 0.935. The maximum Gasteiger partial charge on any atom is 0.248 e. The Bertz CT molecular complexity index is 920. The quantitative estimate of drug-likeness (QED) is 0.465. The molecule has 3 heterocycles. The van der Waals surface area contributed by atoms with Crippen molar-refractivity contribution < 1.29 is 33.9 Å². The van der Waals surface area contributed by atoms with Crippen LogP contribution in [-0.4, -0.2) is 99.8 Å². The van der Waals surface area contributed by atoms with Crippen LogP contribution in [0, 0.1) is 29.6 Å². The highest BCUT2D eigenvalue weighted by atomic mass is 16.5. The number of carbonyl (C=O) groups is 2. The van der Waals surface area contributed by atoms with Crippen LogP contribution in [0.4, 0.5) is 0 Å². The number of nitrogens with two attached hydrogens (primary N) is 1. The van der Waals surface area contributed by atoms with Gasteiger partial charge in [0.1, 0.15) is 12.1 Å². The van der Waals surface area contributed by atoms with Crippen molar-refractivity contribution in [3.8, 4) is 0 Å². The first-order valence-electron chi connectivity index (χ1n) is 16.1. The summed E-state index contributed by atoms with van der Waals surface area (Å²) < 4.78 is 23.7. The van der Waals surface area contributed by atoms with E-state index in [0.717, 1.165) is 70.8 Å². The number of piperidine rings is 2. The number of hydrogen-bond acceptors (Lipinski definition) is 6. The van der Waals surface area contributed by atoms with E-state index in [9.17, 15) is 9.59 Å². The van der Waals surface area contributed by atoms with Gasteiger partial charge in [-0.3, -0.25) is 9.59 Å². The molecule has 3 saturated carbocycles. The monoisotopic (exact) mass is 562 g/mol. The van der Waals surface area contributed by atoms with E-state index in [1.165, 1.54) is 0 Å². The first kappa shape index (κ1) is 28.8. The zero-order valence-electron chi connectivity index (χ0n) is 25.0. The zero-order valence-corrected chi connectivity index (χ0v) is 25.0. The third kappa shape index (κ3) is 5.12. The Kier molecular flexibility index (Phi) is 8.76. The van der Waals surface area contributed by atoms with E-state index in [0.29, 0.717) is 54.3 Å². The van der Waals surface area contributed by atoms with Crippen molar-refractivity contribution in [1.29, 1.82) is 0 Å². The van der Waals surface area contributed by atoms with Crippen LogP contribution in [0.5, 0.6) is 0 Å². The molecule has 6 fully saturated rings. The van der Waals surface area contributed by atoms with Crippen LogP contribution in [0.15, 0.2) is 0 Å². The Balaban J connectivity index is 1.09. The van der Waals surface area contributed by atoms with Crippen molar-refractivity contribution in [3.05, 3.63) is 0 Å². The zero-order chi connectivity index (χ0) is 28.0. The van der Waals surface area contributed by atoms with E-state index in [4.69, 9.17) is 18.9 Å². The van der Waals surface area contributed by atoms with Gasteiger partial charge >= 0.3 is 0 Å². The number of methoxy groups -OCH3 is 3. The number of carbonyl (C=O) groups excluding carboxylic acids is 2. The molecule has 3 saturated heterocycles. The highest BCUT2D eigenvalue weighted by Gasteiger charge is 2.66. The van der Waals surface area contributed by atoms with Crippen LogP contribution in [0.2, 0.25) is 0 Å². The van der Waals surface area contributed by atoms with Gasteiger partial charge in [0.2, 0.25) is 11.8 Å². The number of hydrogen-bond donors (Lipinski definition) is 2. The molecular formula is C31H52N3O6+. The first-order chi connectivity index (χ1) is 19.4. The summed E-state index contributed by atoms with van der Waals surface area (Å²) in [5.74, 6) is 2.00. The lowest BCUT2D eigenvalue weighted by Crippen LogP contribution is -2.99. The molecule has 3 aliphatic heterocycles. The molecule has 0 radical (unpaired) electrons. The molecule has 9 nitrogen and oxygen atoms in total. The maximum absolute atomic E-state index is 14.2. The molecule has 0 aromatic rings. The van der Waals surface area contributed by atoms with Crippen molar-refractivity contribution in [3.63, 3.8) is 0 Å². The number of nitrogens with zero attached hydrogens (tertiary/aromatic N) is 1. The number of fused-ring (bicyclic) bond motifs is 5. The minimum atomic E-state index is -0.460. The molecule has 0 aromatic carbocycles. The molecule has 40 heavy (non-hydrogen) atoms. The van der Waals surface area contributed by atoms with Gasteiger partial charge in [0, 0.05) is 46.3 Å². The van der Waals surface area contributed by atoms with E-state index in [1.54, 1.807) is 21.3 Å². The lowest BCUT2D eigenvalue weighted by Gasteiger charge is -2.53. The Hall–Kier alpha value is -1.26. The maximum atomic E-state index is 14.2. The summed E-state index contributed by atoms with van der Waals surface area (Å²) in [5.41, 5.74) is 0. The molecule has 13 atom stereocenters. The molecule has 0 aromatic heterocycles. The van der Waals surface area contributed by atoms with E-state index in [2.05, 4.69) is 15.5 Å². The van der Waals surface area contributed by atoms with Crippen LogP contribution in [0.3, 0.4) is 0 Å². The normalized spacial score (nSPS) is 45.3. The van der Waals surface area contributed by atoms with Crippen LogP contribution < -0.4 is 10.6 Å². The van der Waals surface area contributed by atoms with Crippen molar-refractivity contribution in [2.75, 3.05) is 34.4 Å². The third-order valence-corrected chi connectivity index (χ3v) is 11.8. The second-order valence-corrected chi connectivity index (χ2v) is 13.6. The van der Waals surface area contributed by atoms with Gasteiger partial charge in [-0.25, -0.2) is 0 Å². The molecular weight excluding hydrogens is 510 g/mol. The first-order valence-corrected chi connectivity index (χ1v) is 16.1. The summed E-state index contributed by atoms with van der Waals surface area (Å²) in [6.45, 7) is 3.73. The molecule has 3 N–H and O–H groups in total. The predicted molar refractivity (Wildman–Crippen MR) is 148 cm³/mol. The highest BCUT2D eigenvalue weighted by Crippen LogP contribution is 2.53. The fourth-order valence-corrected chi connectivity index (χ4v) is 10.0. The van der Waals surface area contributed by atoms with Crippen molar-refractivity contribution in [1.82, 2.24) is 10.2 Å². The smallest absolute Gasteiger partial charge is 0.248 e. The largest absolute Gasteiger partial charge is 0.381 e. The molecule has 6 aliphatic rings. The summed E-state index contributed by atoms with van der Waals surface area (Å²) >= 11 is 0. The molecule has 0 spiro atoms. The Morgan fingerprint density at radius 3 is 2.58 bits per heavy atom. The van der Waals surface area contributed by atoms with E-state index in [1.807, 2.05) is 6.92 Å². The van der Waals surface area contributed by atoms with Crippen LogP contribution in [-0.2, 0) is 28.5 Å². The highest BCUT2D eigenvalue weighted by molar-refractivity contribution is 5.82. The summed E-state index contributed by atoms with van der Waals surface area (Å²) in [7, 11) is 5.27. The Morgan fingerprint density at radius 2 is 1.80 bits per heavy atom. The average molecular weight is 563 g/mol. The molecule has 0 bridgehead atoms. The second-order valence-electron chi connectivity index (χ2n) is 13.6. The Labute approximate surface area is 239 Å². The van der Waals surface area contributed by atoms with Crippen molar-refractivity contribution in [2.24, 2.45) is 29.6 Å². The van der Waals surface area contributed by atoms with Gasteiger partial charge in [-0.1, -0.05) is 6.42 Å². The lowest BCUT2D eigenvalue weighted by molar-refractivity contribution is -0.713. The SMILES string of the molecule is COC1CCCC(CNC(=O)[C@@H](C)OC2CCC3C(C2)C2CC[NH2+]C4C5CCC(OC)C(OC)C5C(=O)N3C24)C1. The number of ether oxygens (including phenoxy) is 4. The standard InChI is InChI=1S/C31H51N3O6/c1-17(30(35)33-16-18-6-5-7-19(14-18)37-2)40-20-8-10-24-23(15-20)21-12-13-32-27-22-9-11-25(38-3)29(39-4)26(22)31(36)34(24)28(21)27/h17-29,32H,5-16H2,1-4H3,(H,33,35)/p+1/t17-,18?,19?,20?,21?,22?,23?,24?,25?,26?,27?,28?,29?/m1/s1. The minimum absolute atomic E-state index is 0.00427. The number of rotatable bonds is 8. The second kappa shape index (κ2) is 12.2. The summed E-state index contributed by atoms with van der Waals surface area (Å²) in [6.07, 6.45) is 10.2. The topological polar surface area (TPSA) is 103 Å². The Morgan fingerprint density at radius 1 is 0.950 bits per heavy atom. The van der Waals surface area contributed by atoms with Gasteiger partial charge in [0.25, 0.3) is 0 Å². The van der Waals surface area contributed by atoms with Crippen LogP contribution >= 0.6 is 0 Å². The van der Waals surface area contributed by atoms with Gasteiger partial charge in [-0.2, -0.15) is 0 Å². The number of amides is 2. The molecule has 6 rings (SSSR count). The lowest BCUT2D eigenvalue weighted by atomic mass is 9.64. The van der Waals surface area contributed by atoms with Crippen LogP contribution in [0.25, 0.3) is 0 Å². The fourth-order valence-electron chi connectivity index (χ4n) is 10.0. The van der Waals surface area contributed by atoms with Crippen molar-refractivity contribution in [2.45, 2.75) is 120 Å². The summed E-state index contributed by atoms with van der Waals surface area (Å²) in [5, 5.41) is 5.70. The van der Waals surface area contributed by atoms with Crippen molar-refractivity contribution >= 4 is 11.8 Å².